The number of rotatable bonds is 4. The van der Waals surface area contributed by atoms with Crippen molar-refractivity contribution in [3.63, 3.8) is 0 Å². The van der Waals surface area contributed by atoms with E-state index in [-0.39, 0.29) is 5.56 Å². The quantitative estimate of drug-likeness (QED) is 0.680. The number of carbonyl (C=O) groups is 2. The largest absolute Gasteiger partial charge is 0.465 e. The molecular formula is C16H12F3NO4. The number of esters is 1. The lowest BCUT2D eigenvalue weighted by Crippen LogP contribution is -2.12. The second kappa shape index (κ2) is 7.03. The molecule has 0 fully saturated rings. The Morgan fingerprint density at radius 3 is 1.88 bits per heavy atom. The molecule has 24 heavy (non-hydrogen) atoms. The third kappa shape index (κ3) is 4.25. The minimum atomic E-state index is -4.47. The Morgan fingerprint density at radius 2 is 1.38 bits per heavy atom. The van der Waals surface area contributed by atoms with E-state index in [4.69, 9.17) is 4.84 Å². The number of halogens is 3. The molecule has 0 saturated carbocycles. The number of hydrogen-bond donors (Lipinski definition) is 1. The van der Waals surface area contributed by atoms with Crippen LogP contribution >= 0.6 is 0 Å². The van der Waals surface area contributed by atoms with Gasteiger partial charge in [0.2, 0.25) is 0 Å². The van der Waals surface area contributed by atoms with E-state index in [9.17, 15) is 22.8 Å². The Hall–Kier alpha value is -3.03. The Kier molecular flexibility index (Phi) is 5.08. The number of ether oxygens (including phenoxy) is 1. The number of nitrogens with one attached hydrogen (secondary N) is 1. The first-order chi connectivity index (χ1) is 11.3. The van der Waals surface area contributed by atoms with E-state index >= 15 is 0 Å². The maximum absolute atomic E-state index is 12.4. The van der Waals surface area contributed by atoms with Gasteiger partial charge in [-0.3, -0.25) is 0 Å². The van der Waals surface area contributed by atoms with Crippen LogP contribution in [-0.2, 0) is 15.8 Å². The number of carbonyl (C=O) groups excluding carboxylic acids is 2. The Balaban J connectivity index is 1.96. The van der Waals surface area contributed by atoms with Gasteiger partial charge in [0.05, 0.1) is 29.5 Å². The second-order valence-electron chi connectivity index (χ2n) is 4.64. The molecule has 8 heteroatoms. The normalized spacial score (nSPS) is 10.8. The first-order valence-electron chi connectivity index (χ1n) is 6.64. The number of hydrogen-bond acceptors (Lipinski definition) is 5. The third-order valence-corrected chi connectivity index (χ3v) is 3.02. The standard InChI is InChI=1S/C16H12F3NO4/c1-23-14(21)10-4-8-13(9-5-10)20-24-15(22)11-2-6-12(7-3-11)16(17,18)19/h2-9,20H,1H3. The van der Waals surface area contributed by atoms with Crippen molar-refractivity contribution in [1.29, 1.82) is 0 Å². The van der Waals surface area contributed by atoms with Crippen LogP contribution in [0.5, 0.6) is 0 Å². The van der Waals surface area contributed by atoms with Crippen LogP contribution in [0, 0.1) is 0 Å². The van der Waals surface area contributed by atoms with Gasteiger partial charge in [-0.05, 0) is 48.5 Å². The molecule has 2 aromatic rings. The molecule has 2 rings (SSSR count). The fourth-order valence-electron chi connectivity index (χ4n) is 1.75. The lowest BCUT2D eigenvalue weighted by molar-refractivity contribution is -0.137. The molecule has 126 valence electrons. The van der Waals surface area contributed by atoms with Crippen molar-refractivity contribution in [2.75, 3.05) is 12.6 Å². The number of benzene rings is 2. The van der Waals surface area contributed by atoms with E-state index in [0.717, 1.165) is 24.3 Å². The van der Waals surface area contributed by atoms with Gasteiger partial charge in [-0.2, -0.15) is 13.2 Å². The highest BCUT2D eigenvalue weighted by atomic mass is 19.4. The number of anilines is 1. The zero-order chi connectivity index (χ0) is 17.7. The van der Waals surface area contributed by atoms with Crippen LogP contribution in [0.2, 0.25) is 0 Å². The highest BCUT2D eigenvalue weighted by molar-refractivity contribution is 5.90. The summed E-state index contributed by atoms with van der Waals surface area (Å²) < 4.78 is 41.9. The van der Waals surface area contributed by atoms with Gasteiger partial charge < -0.3 is 9.57 Å². The summed E-state index contributed by atoms with van der Waals surface area (Å²) in [6.45, 7) is 0. The van der Waals surface area contributed by atoms with Crippen LogP contribution in [-0.4, -0.2) is 19.0 Å². The molecule has 0 aliphatic heterocycles. The molecule has 5 nitrogen and oxygen atoms in total. The van der Waals surface area contributed by atoms with Gasteiger partial charge in [0, 0.05) is 0 Å². The fraction of sp³-hybridized carbons (Fsp3) is 0.125. The van der Waals surface area contributed by atoms with Crippen molar-refractivity contribution < 1.29 is 32.3 Å². The van der Waals surface area contributed by atoms with E-state index in [2.05, 4.69) is 10.2 Å². The smallest absolute Gasteiger partial charge is 0.416 e. The minimum absolute atomic E-state index is 0.0401. The average molecular weight is 339 g/mol. The van der Waals surface area contributed by atoms with Gasteiger partial charge in [-0.15, -0.1) is 0 Å². The summed E-state index contributed by atoms with van der Waals surface area (Å²) in [5.74, 6) is -1.36. The summed E-state index contributed by atoms with van der Waals surface area (Å²) in [4.78, 5) is 27.8. The summed E-state index contributed by atoms with van der Waals surface area (Å²) in [5, 5.41) is 0. The van der Waals surface area contributed by atoms with E-state index in [1.165, 1.54) is 31.4 Å². The van der Waals surface area contributed by atoms with E-state index in [1.54, 1.807) is 0 Å². The predicted octanol–water partition coefficient (Wildman–Crippen LogP) is 3.68. The molecule has 1 N–H and O–H groups in total. The molecule has 2 aromatic carbocycles. The number of methoxy groups -OCH3 is 1. The zero-order valence-electron chi connectivity index (χ0n) is 12.4. The van der Waals surface area contributed by atoms with Crippen molar-refractivity contribution in [3.05, 3.63) is 65.2 Å². The molecule has 0 radical (unpaired) electrons. The first-order valence-corrected chi connectivity index (χ1v) is 6.64. The van der Waals surface area contributed by atoms with Gasteiger partial charge in [0.1, 0.15) is 0 Å². The SMILES string of the molecule is COC(=O)c1ccc(NOC(=O)c2ccc(C(F)(F)F)cc2)cc1. The van der Waals surface area contributed by atoms with Gasteiger partial charge >= 0.3 is 18.1 Å². The molecule has 0 amide bonds. The predicted molar refractivity (Wildman–Crippen MR) is 78.3 cm³/mol. The van der Waals surface area contributed by atoms with E-state index in [0.29, 0.717) is 11.3 Å². The maximum atomic E-state index is 12.4. The van der Waals surface area contributed by atoms with E-state index < -0.39 is 23.7 Å². The minimum Gasteiger partial charge on any atom is -0.465 e. The van der Waals surface area contributed by atoms with Crippen molar-refractivity contribution in [3.8, 4) is 0 Å². The van der Waals surface area contributed by atoms with Crippen LogP contribution < -0.4 is 5.48 Å². The molecule has 0 atom stereocenters. The summed E-state index contributed by atoms with van der Waals surface area (Å²) >= 11 is 0. The summed E-state index contributed by atoms with van der Waals surface area (Å²) in [6.07, 6.45) is -4.47. The highest BCUT2D eigenvalue weighted by Crippen LogP contribution is 2.29. The fourth-order valence-corrected chi connectivity index (χ4v) is 1.75. The molecule has 0 heterocycles. The molecule has 0 aromatic heterocycles. The van der Waals surface area contributed by atoms with Crippen LogP contribution in [0.4, 0.5) is 18.9 Å². The van der Waals surface area contributed by atoms with Gasteiger partial charge in [0.15, 0.2) is 0 Å². The first kappa shape index (κ1) is 17.3. The number of alkyl halides is 3. The van der Waals surface area contributed by atoms with Gasteiger partial charge in [0.25, 0.3) is 0 Å². The molecular weight excluding hydrogens is 327 g/mol. The second-order valence-corrected chi connectivity index (χ2v) is 4.64. The molecule has 0 aliphatic rings. The zero-order valence-corrected chi connectivity index (χ0v) is 12.4. The summed E-state index contributed by atoms with van der Waals surface area (Å²) in [6, 6.07) is 9.50. The average Bonchev–Trinajstić information content (AvgIpc) is 2.58. The van der Waals surface area contributed by atoms with Crippen molar-refractivity contribution in [2.45, 2.75) is 6.18 Å². The summed E-state index contributed by atoms with van der Waals surface area (Å²) in [5.41, 5.74) is 2.15. The van der Waals surface area contributed by atoms with Crippen molar-refractivity contribution in [1.82, 2.24) is 0 Å². The van der Waals surface area contributed by atoms with Crippen molar-refractivity contribution in [2.24, 2.45) is 0 Å². The lowest BCUT2D eigenvalue weighted by atomic mass is 10.1. The van der Waals surface area contributed by atoms with Gasteiger partial charge in [-0.1, -0.05) is 0 Å². The topological polar surface area (TPSA) is 64.6 Å². The van der Waals surface area contributed by atoms with Crippen LogP contribution in [0.25, 0.3) is 0 Å². The molecule has 0 spiro atoms. The summed E-state index contributed by atoms with van der Waals surface area (Å²) in [7, 11) is 1.25. The van der Waals surface area contributed by atoms with Crippen LogP contribution in [0.15, 0.2) is 48.5 Å². The maximum Gasteiger partial charge on any atom is 0.416 e. The van der Waals surface area contributed by atoms with Crippen molar-refractivity contribution >= 4 is 17.6 Å². The van der Waals surface area contributed by atoms with Crippen LogP contribution in [0.3, 0.4) is 0 Å². The lowest BCUT2D eigenvalue weighted by Gasteiger charge is -2.09. The third-order valence-electron chi connectivity index (χ3n) is 3.02. The van der Waals surface area contributed by atoms with Crippen LogP contribution in [0.1, 0.15) is 26.3 Å². The monoisotopic (exact) mass is 339 g/mol. The molecule has 0 saturated heterocycles. The Bertz CT molecular complexity index is 724. The molecule has 0 bridgehead atoms. The highest BCUT2D eigenvalue weighted by Gasteiger charge is 2.30. The Labute approximate surface area is 134 Å². The van der Waals surface area contributed by atoms with Gasteiger partial charge in [-0.25, -0.2) is 15.1 Å². The van der Waals surface area contributed by atoms with E-state index in [1.807, 2.05) is 0 Å². The molecule has 0 unspecified atom stereocenters. The molecule has 0 aliphatic carbocycles. The Morgan fingerprint density at radius 1 is 0.875 bits per heavy atom.